The van der Waals surface area contributed by atoms with E-state index in [9.17, 15) is 4.79 Å². The lowest BCUT2D eigenvalue weighted by molar-refractivity contribution is -0.134. The quantitative estimate of drug-likeness (QED) is 0.491. The molecule has 140 valence electrons. The summed E-state index contributed by atoms with van der Waals surface area (Å²) >= 11 is 0. The lowest BCUT2D eigenvalue weighted by Gasteiger charge is -2.06. The minimum Gasteiger partial charge on any atom is -0.425 e. The molecule has 0 saturated carbocycles. The van der Waals surface area contributed by atoms with Crippen molar-refractivity contribution in [1.82, 2.24) is 15.0 Å². The van der Waals surface area contributed by atoms with Crippen LogP contribution in [-0.4, -0.2) is 20.9 Å². The van der Waals surface area contributed by atoms with Gasteiger partial charge in [0.2, 0.25) is 0 Å². The zero-order valence-electron chi connectivity index (χ0n) is 15.7. The highest BCUT2D eigenvalue weighted by Crippen LogP contribution is 2.31. The Labute approximate surface area is 163 Å². The van der Waals surface area contributed by atoms with Gasteiger partial charge in [0.25, 0.3) is 0 Å². The molecule has 0 bridgehead atoms. The largest absolute Gasteiger partial charge is 0.425 e. The van der Waals surface area contributed by atoms with E-state index in [-0.39, 0.29) is 5.97 Å². The van der Waals surface area contributed by atoms with Crippen LogP contribution in [0.15, 0.2) is 67.1 Å². The van der Waals surface area contributed by atoms with Gasteiger partial charge in [-0.3, -0.25) is 14.8 Å². The zero-order chi connectivity index (χ0) is 19.3. The van der Waals surface area contributed by atoms with Crippen molar-refractivity contribution in [1.29, 1.82) is 0 Å². The van der Waals surface area contributed by atoms with E-state index < -0.39 is 0 Å². The first kappa shape index (κ1) is 17.9. The molecule has 4 rings (SSSR count). The predicted molar refractivity (Wildman–Crippen MR) is 109 cm³/mol. The number of nitrogens with zero attached hydrogens (tertiary/aromatic N) is 2. The van der Waals surface area contributed by atoms with Gasteiger partial charge in [0, 0.05) is 29.7 Å². The van der Waals surface area contributed by atoms with Crippen molar-refractivity contribution in [2.45, 2.75) is 26.2 Å². The number of nitrogens with one attached hydrogen (secondary N) is 1. The second-order valence-electron chi connectivity index (χ2n) is 6.76. The number of aryl methyl sites for hydroxylation is 2. The van der Waals surface area contributed by atoms with Gasteiger partial charge in [0.1, 0.15) is 5.75 Å². The van der Waals surface area contributed by atoms with Gasteiger partial charge in [0.05, 0.1) is 17.6 Å². The van der Waals surface area contributed by atoms with Crippen molar-refractivity contribution in [3.63, 3.8) is 0 Å². The summed E-state index contributed by atoms with van der Waals surface area (Å²) in [6.07, 6.45) is 6.78. The Morgan fingerprint density at radius 1 is 1.11 bits per heavy atom. The van der Waals surface area contributed by atoms with Gasteiger partial charge in [-0.05, 0) is 61.7 Å². The molecule has 0 aliphatic heterocycles. The van der Waals surface area contributed by atoms with Crippen molar-refractivity contribution in [2.75, 3.05) is 0 Å². The van der Waals surface area contributed by atoms with Gasteiger partial charge in [-0.15, -0.1) is 0 Å². The Kier molecular flexibility index (Phi) is 5.15. The monoisotopic (exact) mass is 371 g/mol. The lowest BCUT2D eigenvalue weighted by atomic mass is 10.0. The molecule has 5 nitrogen and oxygen atoms in total. The fourth-order valence-corrected chi connectivity index (χ4v) is 3.35. The van der Waals surface area contributed by atoms with Gasteiger partial charge >= 0.3 is 5.97 Å². The number of aromatic nitrogens is 3. The molecule has 0 unspecified atom stereocenters. The standard InChI is InChI=1S/C23H21N3O2/c1-16-10-11-20-19(14-16)18(23(26-20)21-8-2-3-13-25-21)7-4-9-22(27)28-17-6-5-12-24-15-17/h2-3,5-6,8,10-15,26H,4,7,9H2,1H3. The molecule has 3 aromatic heterocycles. The van der Waals surface area contributed by atoms with Crippen LogP contribution >= 0.6 is 0 Å². The van der Waals surface area contributed by atoms with Crippen LogP contribution in [0.3, 0.4) is 0 Å². The zero-order valence-corrected chi connectivity index (χ0v) is 15.7. The predicted octanol–water partition coefficient (Wildman–Crippen LogP) is 4.86. The molecule has 0 saturated heterocycles. The normalized spacial score (nSPS) is 10.9. The minimum absolute atomic E-state index is 0.247. The first-order valence-electron chi connectivity index (χ1n) is 9.34. The van der Waals surface area contributed by atoms with E-state index in [4.69, 9.17) is 4.74 Å². The molecule has 5 heteroatoms. The number of aromatic amines is 1. The number of hydrogen-bond acceptors (Lipinski definition) is 4. The van der Waals surface area contributed by atoms with Gasteiger partial charge < -0.3 is 9.72 Å². The Morgan fingerprint density at radius 3 is 2.82 bits per heavy atom. The Hall–Kier alpha value is -3.47. The summed E-state index contributed by atoms with van der Waals surface area (Å²) in [5, 5.41) is 1.18. The number of carbonyl (C=O) groups is 1. The van der Waals surface area contributed by atoms with E-state index in [0.29, 0.717) is 18.6 Å². The number of benzene rings is 1. The van der Waals surface area contributed by atoms with Crippen LogP contribution in [0.4, 0.5) is 0 Å². The first-order valence-corrected chi connectivity index (χ1v) is 9.34. The van der Waals surface area contributed by atoms with Gasteiger partial charge in [-0.25, -0.2) is 0 Å². The van der Waals surface area contributed by atoms with Gasteiger partial charge in [-0.2, -0.15) is 0 Å². The van der Waals surface area contributed by atoms with Crippen molar-refractivity contribution < 1.29 is 9.53 Å². The summed E-state index contributed by atoms with van der Waals surface area (Å²) < 4.78 is 5.33. The van der Waals surface area contributed by atoms with Crippen LogP contribution in [-0.2, 0) is 11.2 Å². The van der Waals surface area contributed by atoms with E-state index >= 15 is 0 Å². The molecule has 4 aromatic rings. The number of ether oxygens (including phenoxy) is 1. The first-order chi connectivity index (χ1) is 13.7. The minimum atomic E-state index is -0.247. The Morgan fingerprint density at radius 2 is 2.04 bits per heavy atom. The van der Waals surface area contributed by atoms with Crippen LogP contribution in [0.1, 0.15) is 24.0 Å². The fraction of sp³-hybridized carbons (Fsp3) is 0.174. The second-order valence-corrected chi connectivity index (χ2v) is 6.76. The molecule has 0 amide bonds. The van der Waals surface area contributed by atoms with Crippen molar-refractivity contribution in [2.24, 2.45) is 0 Å². The molecule has 0 radical (unpaired) electrons. The average molecular weight is 371 g/mol. The Balaban J connectivity index is 1.54. The number of rotatable bonds is 6. The molecular formula is C23H21N3O2. The third kappa shape index (κ3) is 3.93. The van der Waals surface area contributed by atoms with Crippen LogP contribution in [0.2, 0.25) is 0 Å². The number of esters is 1. The Bertz CT molecular complexity index is 1090. The average Bonchev–Trinajstić information content (AvgIpc) is 3.07. The third-order valence-corrected chi connectivity index (χ3v) is 4.66. The van der Waals surface area contributed by atoms with Crippen LogP contribution in [0, 0.1) is 6.92 Å². The van der Waals surface area contributed by atoms with Crippen molar-refractivity contribution >= 4 is 16.9 Å². The summed E-state index contributed by atoms with van der Waals surface area (Å²) in [5.41, 5.74) is 5.40. The molecular weight excluding hydrogens is 350 g/mol. The lowest BCUT2D eigenvalue weighted by Crippen LogP contribution is -2.08. The number of hydrogen-bond donors (Lipinski definition) is 1. The maximum atomic E-state index is 12.1. The molecule has 3 heterocycles. The van der Waals surface area contributed by atoms with E-state index in [1.807, 2.05) is 18.2 Å². The molecule has 0 aliphatic rings. The van der Waals surface area contributed by atoms with Crippen LogP contribution in [0.5, 0.6) is 5.75 Å². The molecule has 0 fully saturated rings. The van der Waals surface area contributed by atoms with E-state index in [2.05, 4.69) is 40.1 Å². The van der Waals surface area contributed by atoms with E-state index in [1.165, 1.54) is 16.5 Å². The molecule has 0 spiro atoms. The number of carbonyl (C=O) groups excluding carboxylic acids is 1. The molecule has 28 heavy (non-hydrogen) atoms. The topological polar surface area (TPSA) is 67.9 Å². The summed E-state index contributed by atoms with van der Waals surface area (Å²) in [4.78, 5) is 24.1. The SMILES string of the molecule is Cc1ccc2[nH]c(-c3ccccn3)c(CCCC(=O)Oc3cccnc3)c2c1. The summed E-state index contributed by atoms with van der Waals surface area (Å²) in [7, 11) is 0. The highest BCUT2D eigenvalue weighted by Gasteiger charge is 2.15. The highest BCUT2D eigenvalue weighted by molar-refractivity contribution is 5.90. The van der Waals surface area contributed by atoms with Crippen LogP contribution < -0.4 is 4.74 Å². The van der Waals surface area contributed by atoms with Crippen molar-refractivity contribution in [3.8, 4) is 17.1 Å². The molecule has 1 aromatic carbocycles. The summed E-state index contributed by atoms with van der Waals surface area (Å²) in [6.45, 7) is 2.09. The highest BCUT2D eigenvalue weighted by atomic mass is 16.5. The van der Waals surface area contributed by atoms with Crippen molar-refractivity contribution in [3.05, 3.63) is 78.2 Å². The molecule has 1 N–H and O–H groups in total. The smallest absolute Gasteiger partial charge is 0.311 e. The number of pyridine rings is 2. The van der Waals surface area contributed by atoms with E-state index in [0.717, 1.165) is 23.3 Å². The molecule has 0 atom stereocenters. The third-order valence-electron chi connectivity index (χ3n) is 4.66. The molecule has 0 aliphatic carbocycles. The maximum absolute atomic E-state index is 12.1. The number of fused-ring (bicyclic) bond motifs is 1. The number of H-pyrrole nitrogens is 1. The second kappa shape index (κ2) is 8.05. The van der Waals surface area contributed by atoms with E-state index in [1.54, 1.807) is 30.7 Å². The van der Waals surface area contributed by atoms with Gasteiger partial charge in [-0.1, -0.05) is 17.7 Å². The van der Waals surface area contributed by atoms with Crippen LogP contribution in [0.25, 0.3) is 22.3 Å². The maximum Gasteiger partial charge on any atom is 0.311 e. The summed E-state index contributed by atoms with van der Waals surface area (Å²) in [6, 6.07) is 15.7. The summed E-state index contributed by atoms with van der Waals surface area (Å²) in [5.74, 6) is 0.229. The van der Waals surface area contributed by atoms with Gasteiger partial charge in [0.15, 0.2) is 0 Å². The fourth-order valence-electron chi connectivity index (χ4n) is 3.35.